The minimum Gasteiger partial charge on any atom is -0.445 e. The van der Waals surface area contributed by atoms with Crippen LogP contribution in [0.3, 0.4) is 0 Å². The summed E-state index contributed by atoms with van der Waals surface area (Å²) in [5.41, 5.74) is 6.58. The molecule has 0 unspecified atom stereocenters. The van der Waals surface area contributed by atoms with Crippen molar-refractivity contribution in [1.82, 2.24) is 19.3 Å². The predicted molar refractivity (Wildman–Crippen MR) is 134 cm³/mol. The van der Waals surface area contributed by atoms with Gasteiger partial charge < -0.3 is 15.4 Å². The standard InChI is InChI=1S/C25H26F2N6O2S/c1-15-22(36-23(30-15)31-11-16(12-31)25(2,3)28)35-18-9-7-17(8-10-18)33-24(34)32(14-29-33)13-19-20(26)5-4-6-21(19)27/h4-10,14,16H,11-13,28H2,1-3H3. The fourth-order valence-electron chi connectivity index (χ4n) is 3.94. The lowest BCUT2D eigenvalue weighted by Gasteiger charge is -2.45. The lowest BCUT2D eigenvalue weighted by molar-refractivity contribution is 0.262. The van der Waals surface area contributed by atoms with Gasteiger partial charge in [0.1, 0.15) is 23.7 Å². The van der Waals surface area contributed by atoms with E-state index in [1.54, 1.807) is 24.3 Å². The van der Waals surface area contributed by atoms with Crippen molar-refractivity contribution in [2.45, 2.75) is 32.9 Å². The highest BCUT2D eigenvalue weighted by atomic mass is 32.1. The van der Waals surface area contributed by atoms with Crippen LogP contribution in [0.25, 0.3) is 5.69 Å². The number of hydrogen-bond donors (Lipinski definition) is 1. The van der Waals surface area contributed by atoms with Gasteiger partial charge in [0.05, 0.1) is 17.9 Å². The van der Waals surface area contributed by atoms with E-state index in [-0.39, 0.29) is 17.6 Å². The molecule has 0 atom stereocenters. The van der Waals surface area contributed by atoms with E-state index in [2.05, 4.69) is 15.0 Å². The molecule has 0 aliphatic carbocycles. The van der Waals surface area contributed by atoms with E-state index in [4.69, 9.17) is 10.5 Å². The Balaban J connectivity index is 1.28. The van der Waals surface area contributed by atoms with Crippen LogP contribution in [0, 0.1) is 24.5 Å². The van der Waals surface area contributed by atoms with Crippen LogP contribution >= 0.6 is 11.3 Å². The van der Waals surface area contributed by atoms with E-state index in [0.717, 1.165) is 45.3 Å². The van der Waals surface area contributed by atoms with Crippen LogP contribution in [0.2, 0.25) is 0 Å². The molecule has 2 N–H and O–H groups in total. The van der Waals surface area contributed by atoms with Gasteiger partial charge in [-0.1, -0.05) is 17.4 Å². The van der Waals surface area contributed by atoms with Crippen molar-refractivity contribution in [3.05, 3.63) is 82.2 Å². The van der Waals surface area contributed by atoms with Crippen molar-refractivity contribution in [3.63, 3.8) is 0 Å². The largest absolute Gasteiger partial charge is 0.445 e. The Morgan fingerprint density at radius 2 is 1.81 bits per heavy atom. The molecule has 1 saturated heterocycles. The molecule has 0 spiro atoms. The molecule has 188 valence electrons. The normalized spacial score (nSPS) is 14.2. The van der Waals surface area contributed by atoms with Gasteiger partial charge in [0, 0.05) is 30.1 Å². The number of rotatable bonds is 7. The summed E-state index contributed by atoms with van der Waals surface area (Å²) in [4.78, 5) is 19.6. The minimum absolute atomic E-state index is 0.192. The maximum atomic E-state index is 14.0. The summed E-state index contributed by atoms with van der Waals surface area (Å²) in [6, 6.07) is 10.4. The molecule has 5 rings (SSSR count). The highest BCUT2D eigenvalue weighted by Crippen LogP contribution is 2.39. The lowest BCUT2D eigenvalue weighted by Crippen LogP contribution is -2.59. The summed E-state index contributed by atoms with van der Waals surface area (Å²) in [7, 11) is 0. The number of thiazole rings is 1. The molecule has 0 saturated carbocycles. The number of hydrogen-bond acceptors (Lipinski definition) is 7. The molecule has 0 amide bonds. The second-order valence-electron chi connectivity index (χ2n) is 9.54. The van der Waals surface area contributed by atoms with E-state index < -0.39 is 17.3 Å². The van der Waals surface area contributed by atoms with E-state index >= 15 is 0 Å². The topological polar surface area (TPSA) is 91.2 Å². The first-order valence-electron chi connectivity index (χ1n) is 11.5. The summed E-state index contributed by atoms with van der Waals surface area (Å²) < 4.78 is 36.3. The third-order valence-corrected chi connectivity index (χ3v) is 7.46. The molecular weight excluding hydrogens is 486 g/mol. The second-order valence-corrected chi connectivity index (χ2v) is 10.5. The highest BCUT2D eigenvalue weighted by Gasteiger charge is 2.37. The maximum absolute atomic E-state index is 14.0. The van der Waals surface area contributed by atoms with Crippen molar-refractivity contribution in [3.8, 4) is 16.5 Å². The highest BCUT2D eigenvalue weighted by molar-refractivity contribution is 7.17. The van der Waals surface area contributed by atoms with Crippen LogP contribution in [0.1, 0.15) is 25.1 Å². The number of anilines is 1. The molecular formula is C25H26F2N6O2S. The number of nitrogens with two attached hydrogens (primary N) is 1. The van der Waals surface area contributed by atoms with Gasteiger partial charge in [-0.05, 0) is 57.2 Å². The SMILES string of the molecule is Cc1nc(N2CC(C(C)(C)N)C2)sc1Oc1ccc(-n2ncn(Cc3c(F)cccc3F)c2=O)cc1. The first-order valence-corrected chi connectivity index (χ1v) is 12.3. The Labute approximate surface area is 210 Å². The van der Waals surface area contributed by atoms with Gasteiger partial charge in [-0.2, -0.15) is 9.78 Å². The molecule has 2 aromatic carbocycles. The van der Waals surface area contributed by atoms with Gasteiger partial charge in [-0.15, -0.1) is 0 Å². The van der Waals surface area contributed by atoms with E-state index in [9.17, 15) is 13.6 Å². The maximum Gasteiger partial charge on any atom is 0.350 e. The zero-order chi connectivity index (χ0) is 25.6. The van der Waals surface area contributed by atoms with Crippen LogP contribution < -0.4 is 21.1 Å². The molecule has 0 bridgehead atoms. The van der Waals surface area contributed by atoms with Crippen LogP contribution in [0.5, 0.6) is 10.8 Å². The second kappa shape index (κ2) is 9.14. The Morgan fingerprint density at radius 1 is 1.14 bits per heavy atom. The third-order valence-electron chi connectivity index (χ3n) is 6.36. The minimum atomic E-state index is -0.713. The summed E-state index contributed by atoms with van der Waals surface area (Å²) in [5, 5.41) is 5.69. The third kappa shape index (κ3) is 4.63. The molecule has 11 heteroatoms. The summed E-state index contributed by atoms with van der Waals surface area (Å²) >= 11 is 1.48. The number of halogens is 2. The van der Waals surface area contributed by atoms with Crippen LogP contribution in [0.4, 0.5) is 13.9 Å². The molecule has 8 nitrogen and oxygen atoms in total. The fraction of sp³-hybridized carbons (Fsp3) is 0.320. The zero-order valence-electron chi connectivity index (χ0n) is 20.1. The summed E-state index contributed by atoms with van der Waals surface area (Å²) in [6.07, 6.45) is 1.26. The quantitative estimate of drug-likeness (QED) is 0.401. The molecule has 1 aliphatic rings. The molecule has 0 radical (unpaired) electrons. The van der Waals surface area contributed by atoms with E-state index in [0.29, 0.717) is 22.4 Å². The van der Waals surface area contributed by atoms with Gasteiger partial charge in [0.25, 0.3) is 0 Å². The number of nitrogens with zero attached hydrogens (tertiary/aromatic N) is 5. The number of aryl methyl sites for hydroxylation is 1. The first-order chi connectivity index (χ1) is 17.1. The molecule has 1 aliphatic heterocycles. The van der Waals surface area contributed by atoms with Crippen molar-refractivity contribution >= 4 is 16.5 Å². The number of ether oxygens (including phenoxy) is 1. The molecule has 36 heavy (non-hydrogen) atoms. The molecule has 4 aromatic rings. The summed E-state index contributed by atoms with van der Waals surface area (Å²) in [5.74, 6) is -0.414. The van der Waals surface area contributed by atoms with Gasteiger partial charge >= 0.3 is 5.69 Å². The fourth-order valence-corrected chi connectivity index (χ4v) is 4.90. The van der Waals surface area contributed by atoms with Crippen LogP contribution in [0.15, 0.2) is 53.6 Å². The Morgan fingerprint density at radius 3 is 2.44 bits per heavy atom. The van der Waals surface area contributed by atoms with Crippen molar-refractivity contribution in [2.75, 3.05) is 18.0 Å². The van der Waals surface area contributed by atoms with Crippen LogP contribution in [-0.4, -0.2) is 38.0 Å². The van der Waals surface area contributed by atoms with Gasteiger partial charge in [0.2, 0.25) is 5.06 Å². The molecule has 1 fully saturated rings. The van der Waals surface area contributed by atoms with Crippen molar-refractivity contribution < 1.29 is 13.5 Å². The smallest absolute Gasteiger partial charge is 0.350 e. The van der Waals surface area contributed by atoms with E-state index in [1.165, 1.54) is 23.7 Å². The van der Waals surface area contributed by atoms with Gasteiger partial charge in [-0.25, -0.2) is 18.6 Å². The molecule has 2 aromatic heterocycles. The number of benzene rings is 2. The van der Waals surface area contributed by atoms with E-state index in [1.807, 2.05) is 20.8 Å². The average Bonchev–Trinajstić information content (AvgIpc) is 3.31. The average molecular weight is 513 g/mol. The van der Waals surface area contributed by atoms with Gasteiger partial charge in [0.15, 0.2) is 5.13 Å². The monoisotopic (exact) mass is 512 g/mol. The summed E-state index contributed by atoms with van der Waals surface area (Å²) in [6.45, 7) is 7.47. The van der Waals surface area contributed by atoms with Crippen molar-refractivity contribution in [2.24, 2.45) is 11.7 Å². The predicted octanol–water partition coefficient (Wildman–Crippen LogP) is 4.09. The lowest BCUT2D eigenvalue weighted by atomic mass is 9.83. The zero-order valence-corrected chi connectivity index (χ0v) is 20.9. The Kier molecular flexibility index (Phi) is 6.13. The first kappa shape index (κ1) is 24.1. The Hall–Kier alpha value is -3.57. The molecule has 3 heterocycles. The number of aromatic nitrogens is 4. The van der Waals surface area contributed by atoms with Crippen LogP contribution in [-0.2, 0) is 6.54 Å². The van der Waals surface area contributed by atoms with Gasteiger partial charge in [-0.3, -0.25) is 4.57 Å². The Bertz CT molecular complexity index is 1430. The van der Waals surface area contributed by atoms with Crippen molar-refractivity contribution in [1.29, 1.82) is 0 Å².